The molecule has 0 amide bonds. The summed E-state index contributed by atoms with van der Waals surface area (Å²) < 4.78 is 14.6. The maximum Gasteiger partial charge on any atom is 0.118 e. The zero-order valence-electron chi connectivity index (χ0n) is 26.4. The summed E-state index contributed by atoms with van der Waals surface area (Å²) in [5, 5.41) is 1.40. The molecule has 1 radical (unpaired) electrons. The molecule has 6 rings (SSSR count). The first-order valence-corrected chi connectivity index (χ1v) is 17.6. The van der Waals surface area contributed by atoms with Crippen LogP contribution in [0.25, 0.3) is 22.5 Å². The van der Waals surface area contributed by atoms with Crippen LogP contribution in [-0.4, -0.2) is 18.0 Å². The first-order chi connectivity index (χ1) is 19.9. The number of hydrogen-bond donors (Lipinski definition) is 0. The van der Waals surface area contributed by atoms with Crippen LogP contribution in [0.15, 0.2) is 97.3 Å². The molecule has 0 atom stereocenters. The Labute approximate surface area is 267 Å². The van der Waals surface area contributed by atoms with Crippen molar-refractivity contribution in [2.24, 2.45) is 0 Å². The molecule has 0 unspecified atom stereocenters. The van der Waals surface area contributed by atoms with Crippen molar-refractivity contribution in [3.05, 3.63) is 126 Å². The van der Waals surface area contributed by atoms with Gasteiger partial charge in [0.15, 0.2) is 0 Å². The Morgan fingerprint density at radius 1 is 0.833 bits per heavy atom. The molecular formula is C37H38IrN2OSi-2. The van der Waals surface area contributed by atoms with E-state index in [1.54, 1.807) is 6.20 Å². The van der Waals surface area contributed by atoms with Crippen molar-refractivity contribution in [2.45, 2.75) is 58.6 Å². The van der Waals surface area contributed by atoms with Gasteiger partial charge < -0.3 is 14.7 Å². The summed E-state index contributed by atoms with van der Waals surface area (Å²) in [6.07, 6.45) is 3.78. The third kappa shape index (κ3) is 6.65. The van der Waals surface area contributed by atoms with Crippen molar-refractivity contribution in [1.82, 2.24) is 9.97 Å². The number of fused-ring (bicyclic) bond motifs is 2. The third-order valence-corrected chi connectivity index (χ3v) is 9.63. The SMILES string of the molecule is C[Si](C)(C)c1ccc(-c2[c-]cccc2)nc1.[2H]C(C)(C)c1ccnc(-c2[c-]ccc3c2Oc2ccccc2C3(C)C)c1.[Ir]. The molecule has 0 aliphatic carbocycles. The van der Waals surface area contributed by atoms with E-state index in [2.05, 4.69) is 79.9 Å². The van der Waals surface area contributed by atoms with Gasteiger partial charge in [-0.3, -0.25) is 0 Å². The molecule has 3 nitrogen and oxygen atoms in total. The van der Waals surface area contributed by atoms with Gasteiger partial charge in [0.05, 0.1) is 8.07 Å². The van der Waals surface area contributed by atoms with Gasteiger partial charge in [0.25, 0.3) is 0 Å². The van der Waals surface area contributed by atoms with Gasteiger partial charge in [-0.2, -0.15) is 0 Å². The van der Waals surface area contributed by atoms with Crippen molar-refractivity contribution in [2.75, 3.05) is 0 Å². The van der Waals surface area contributed by atoms with E-state index in [-0.39, 0.29) is 25.5 Å². The molecule has 3 heterocycles. The van der Waals surface area contributed by atoms with Crippen LogP contribution in [0.2, 0.25) is 19.6 Å². The molecule has 0 saturated carbocycles. The Morgan fingerprint density at radius 3 is 2.26 bits per heavy atom. The largest absolute Gasteiger partial charge is 0.501 e. The van der Waals surface area contributed by atoms with E-state index in [1.165, 1.54) is 10.8 Å². The summed E-state index contributed by atoms with van der Waals surface area (Å²) in [6.45, 7) is 15.2. The fourth-order valence-electron chi connectivity index (χ4n) is 5.03. The number of ether oxygens (including phenoxy) is 1. The summed E-state index contributed by atoms with van der Waals surface area (Å²) in [7, 11) is -1.23. The van der Waals surface area contributed by atoms with Crippen molar-refractivity contribution < 1.29 is 26.2 Å². The fraction of sp³-hybridized carbons (Fsp3) is 0.243. The molecule has 1 aliphatic rings. The Hall–Kier alpha value is -3.37. The Balaban J connectivity index is 0.000000215. The number of pyridine rings is 2. The number of hydrogen-bond acceptors (Lipinski definition) is 3. The Morgan fingerprint density at radius 2 is 1.60 bits per heavy atom. The van der Waals surface area contributed by atoms with Crippen LogP contribution in [0.4, 0.5) is 0 Å². The molecular weight excluding hydrogens is 709 g/mol. The number of rotatable bonds is 4. The van der Waals surface area contributed by atoms with Crippen molar-refractivity contribution in [1.29, 1.82) is 0 Å². The molecule has 217 valence electrons. The first-order valence-electron chi connectivity index (χ1n) is 14.6. The van der Waals surface area contributed by atoms with E-state index in [0.29, 0.717) is 0 Å². The maximum absolute atomic E-state index is 8.31. The molecule has 1 aliphatic heterocycles. The zero-order valence-corrected chi connectivity index (χ0v) is 28.8. The molecule has 0 N–H and O–H groups in total. The van der Waals surface area contributed by atoms with Gasteiger partial charge in [0.1, 0.15) is 5.75 Å². The average molecular weight is 748 g/mol. The minimum Gasteiger partial charge on any atom is -0.501 e. The van der Waals surface area contributed by atoms with E-state index >= 15 is 0 Å². The maximum atomic E-state index is 8.31. The predicted octanol–water partition coefficient (Wildman–Crippen LogP) is 9.20. The van der Waals surface area contributed by atoms with Crippen molar-refractivity contribution in [3.63, 3.8) is 0 Å². The summed E-state index contributed by atoms with van der Waals surface area (Å²) in [4.78, 5) is 9.06. The number of para-hydroxylation sites is 1. The fourth-order valence-corrected chi connectivity index (χ4v) is 6.06. The molecule has 5 aromatic rings. The van der Waals surface area contributed by atoms with E-state index < -0.39 is 14.0 Å². The van der Waals surface area contributed by atoms with Gasteiger partial charge in [-0.05, 0) is 34.6 Å². The molecule has 0 spiro atoms. The van der Waals surface area contributed by atoms with Gasteiger partial charge in [0.2, 0.25) is 0 Å². The van der Waals surface area contributed by atoms with Gasteiger partial charge >= 0.3 is 0 Å². The number of aromatic nitrogens is 2. The van der Waals surface area contributed by atoms with Crippen LogP contribution in [0.3, 0.4) is 0 Å². The van der Waals surface area contributed by atoms with E-state index in [9.17, 15) is 0 Å². The summed E-state index contributed by atoms with van der Waals surface area (Å²) in [5.74, 6) is 1.01. The molecule has 0 saturated heterocycles. The first kappa shape index (κ1) is 30.1. The second-order valence-corrected chi connectivity index (χ2v) is 17.3. The van der Waals surface area contributed by atoms with E-state index in [4.69, 9.17) is 6.11 Å². The quantitative estimate of drug-likeness (QED) is 0.136. The normalized spacial score (nSPS) is 13.6. The van der Waals surface area contributed by atoms with Crippen molar-refractivity contribution in [3.8, 4) is 34.0 Å². The van der Waals surface area contributed by atoms with Crippen molar-refractivity contribution >= 4 is 13.3 Å². The third-order valence-electron chi connectivity index (χ3n) is 7.60. The van der Waals surface area contributed by atoms with Crippen LogP contribution in [0.1, 0.15) is 51.7 Å². The standard InChI is InChI=1S/C23H22NO.C14H16NSi.Ir/c1-15(2)16-12-13-24-20(14-16)17-8-7-10-19-22(17)25-21-11-6-5-9-18(21)23(19,3)4;1-16(2,3)13-9-10-14(15-11-13)12-7-5-4-6-8-12;/h5-7,9-15H,1-4H3;4-7,9-11H,1-3H3;/q2*-1;/i15D;;. The molecule has 42 heavy (non-hydrogen) atoms. The Bertz CT molecular complexity index is 1690. The summed E-state index contributed by atoms with van der Waals surface area (Å²) in [6, 6.07) is 34.8. The molecule has 5 heteroatoms. The molecule has 0 bridgehead atoms. The number of benzene rings is 3. The molecule has 2 aromatic heterocycles. The van der Waals surface area contributed by atoms with Crippen LogP contribution in [-0.2, 0) is 25.5 Å². The summed E-state index contributed by atoms with van der Waals surface area (Å²) in [5.41, 5.74) is 6.75. The molecule has 3 aromatic carbocycles. The second kappa shape index (κ2) is 12.9. The van der Waals surface area contributed by atoms with E-state index in [1.807, 2.05) is 80.7 Å². The second-order valence-electron chi connectivity index (χ2n) is 12.2. The van der Waals surface area contributed by atoms with Crippen LogP contribution in [0, 0.1) is 12.1 Å². The predicted molar refractivity (Wildman–Crippen MR) is 173 cm³/mol. The van der Waals surface area contributed by atoms with Gasteiger partial charge in [0, 0.05) is 50.6 Å². The van der Waals surface area contributed by atoms with Gasteiger partial charge in [-0.25, -0.2) is 0 Å². The minimum atomic E-state index is -1.23. The minimum absolute atomic E-state index is 0. The average Bonchev–Trinajstić information content (AvgIpc) is 2.97. The topological polar surface area (TPSA) is 35.0 Å². The van der Waals surface area contributed by atoms with Crippen LogP contribution < -0.4 is 9.92 Å². The number of nitrogens with zero attached hydrogens (tertiary/aromatic N) is 2. The van der Waals surface area contributed by atoms with Crippen LogP contribution in [0.5, 0.6) is 11.5 Å². The van der Waals surface area contributed by atoms with E-state index in [0.717, 1.165) is 45.1 Å². The monoisotopic (exact) mass is 748 g/mol. The smallest absolute Gasteiger partial charge is 0.118 e. The van der Waals surface area contributed by atoms with Crippen LogP contribution >= 0.6 is 0 Å². The zero-order chi connectivity index (χ0) is 30.1. The van der Waals surface area contributed by atoms with Gasteiger partial charge in [-0.1, -0.05) is 100 Å². The summed E-state index contributed by atoms with van der Waals surface area (Å²) >= 11 is 0. The Kier molecular flexibility index (Phi) is 9.22. The molecule has 0 fully saturated rings. The van der Waals surface area contributed by atoms with Gasteiger partial charge in [-0.15, -0.1) is 54.1 Å².